The van der Waals surface area contributed by atoms with Crippen LogP contribution in [0.25, 0.3) is 0 Å². The van der Waals surface area contributed by atoms with Gasteiger partial charge in [-0.05, 0) is 24.3 Å². The maximum absolute atomic E-state index is 11.9. The monoisotopic (exact) mass is 279 g/mol. The molecule has 0 aliphatic carbocycles. The lowest BCUT2D eigenvalue weighted by Crippen LogP contribution is -2.42. The third-order valence-electron chi connectivity index (χ3n) is 2.53. The predicted molar refractivity (Wildman–Crippen MR) is 69.6 cm³/mol. The second kappa shape index (κ2) is 5.25. The van der Waals surface area contributed by atoms with Crippen LogP contribution < -0.4 is 10.3 Å². The number of hydrogen-bond donors (Lipinski definition) is 2. The van der Waals surface area contributed by atoms with Crippen LogP contribution >= 0.6 is 0 Å². The SMILES string of the molecule is Cn1cccc1C(=O)NNS(=O)(=O)c1ccccc1. The van der Waals surface area contributed by atoms with Gasteiger partial charge in [0.05, 0.1) is 4.90 Å². The molecule has 0 aliphatic rings. The third kappa shape index (κ3) is 3.01. The van der Waals surface area contributed by atoms with Gasteiger partial charge in [-0.3, -0.25) is 10.2 Å². The van der Waals surface area contributed by atoms with Crippen LogP contribution in [0.3, 0.4) is 0 Å². The smallest absolute Gasteiger partial charge is 0.282 e. The molecule has 19 heavy (non-hydrogen) atoms. The highest BCUT2D eigenvalue weighted by molar-refractivity contribution is 7.89. The summed E-state index contributed by atoms with van der Waals surface area (Å²) >= 11 is 0. The maximum Gasteiger partial charge on any atom is 0.282 e. The summed E-state index contributed by atoms with van der Waals surface area (Å²) in [5, 5.41) is 0. The molecule has 0 saturated carbocycles. The number of amides is 1. The number of aromatic nitrogens is 1. The molecule has 0 aliphatic heterocycles. The van der Waals surface area contributed by atoms with Crippen LogP contribution in [-0.2, 0) is 17.1 Å². The molecule has 1 aromatic heterocycles. The normalized spacial score (nSPS) is 11.2. The molecule has 7 heteroatoms. The number of hydrogen-bond acceptors (Lipinski definition) is 3. The van der Waals surface area contributed by atoms with E-state index in [4.69, 9.17) is 0 Å². The van der Waals surface area contributed by atoms with E-state index >= 15 is 0 Å². The van der Waals surface area contributed by atoms with Gasteiger partial charge < -0.3 is 4.57 Å². The number of sulfonamides is 1. The van der Waals surface area contributed by atoms with Gasteiger partial charge in [0, 0.05) is 13.2 Å². The Labute approximate surface area is 111 Å². The molecule has 0 atom stereocenters. The third-order valence-corrected chi connectivity index (χ3v) is 3.79. The zero-order valence-electron chi connectivity index (χ0n) is 10.2. The van der Waals surface area contributed by atoms with Crippen LogP contribution in [0.4, 0.5) is 0 Å². The van der Waals surface area contributed by atoms with Crippen molar-refractivity contribution in [2.24, 2.45) is 7.05 Å². The molecule has 2 rings (SSSR count). The lowest BCUT2D eigenvalue weighted by Gasteiger charge is -2.08. The molecule has 1 heterocycles. The van der Waals surface area contributed by atoms with Crippen molar-refractivity contribution >= 4 is 15.9 Å². The number of rotatable bonds is 4. The fraction of sp³-hybridized carbons (Fsp3) is 0.0833. The van der Waals surface area contributed by atoms with Crippen LogP contribution in [0.15, 0.2) is 53.6 Å². The Balaban J connectivity index is 2.07. The average molecular weight is 279 g/mol. The van der Waals surface area contributed by atoms with E-state index in [0.29, 0.717) is 5.69 Å². The maximum atomic E-state index is 11.9. The highest BCUT2D eigenvalue weighted by Crippen LogP contribution is 2.06. The minimum Gasteiger partial charge on any atom is -0.347 e. The van der Waals surface area contributed by atoms with Crippen molar-refractivity contribution in [2.45, 2.75) is 4.90 Å². The van der Waals surface area contributed by atoms with Crippen LogP contribution in [-0.4, -0.2) is 18.9 Å². The Morgan fingerprint density at radius 3 is 2.37 bits per heavy atom. The second-order valence-corrected chi connectivity index (χ2v) is 5.56. The summed E-state index contributed by atoms with van der Waals surface area (Å²) in [7, 11) is -2.06. The van der Waals surface area contributed by atoms with Gasteiger partial charge in [0.15, 0.2) is 0 Å². The molecule has 2 N–H and O–H groups in total. The largest absolute Gasteiger partial charge is 0.347 e. The number of hydrazine groups is 1. The highest BCUT2D eigenvalue weighted by Gasteiger charge is 2.15. The zero-order valence-corrected chi connectivity index (χ0v) is 11.0. The molecule has 2 aromatic rings. The molecular weight excluding hydrogens is 266 g/mol. The molecule has 0 unspecified atom stereocenters. The molecular formula is C12H13N3O3S. The summed E-state index contributed by atoms with van der Waals surface area (Å²) in [4.78, 5) is 13.9. The summed E-state index contributed by atoms with van der Waals surface area (Å²) in [6, 6.07) is 11.1. The number of carbonyl (C=O) groups excluding carboxylic acids is 1. The van der Waals surface area contributed by atoms with Crippen molar-refractivity contribution in [3.63, 3.8) is 0 Å². The van der Waals surface area contributed by atoms with Gasteiger partial charge in [0.1, 0.15) is 5.69 Å². The van der Waals surface area contributed by atoms with Gasteiger partial charge in [0.2, 0.25) is 0 Å². The molecule has 1 aromatic carbocycles. The molecule has 6 nitrogen and oxygen atoms in total. The van der Waals surface area contributed by atoms with Crippen molar-refractivity contribution in [1.82, 2.24) is 14.8 Å². The van der Waals surface area contributed by atoms with E-state index in [0.717, 1.165) is 0 Å². The minimum atomic E-state index is -3.75. The lowest BCUT2D eigenvalue weighted by molar-refractivity contribution is 0.0937. The fourth-order valence-electron chi connectivity index (χ4n) is 1.53. The first-order valence-corrected chi connectivity index (χ1v) is 6.97. The molecule has 0 saturated heterocycles. The number of aryl methyl sites for hydroxylation is 1. The van der Waals surface area contributed by atoms with E-state index in [1.54, 1.807) is 48.1 Å². The quantitative estimate of drug-likeness (QED) is 0.806. The Morgan fingerprint density at radius 1 is 1.11 bits per heavy atom. The van der Waals surface area contributed by atoms with E-state index in [2.05, 4.69) is 5.43 Å². The van der Waals surface area contributed by atoms with Gasteiger partial charge in [-0.25, -0.2) is 8.42 Å². The van der Waals surface area contributed by atoms with E-state index < -0.39 is 15.9 Å². The first-order valence-electron chi connectivity index (χ1n) is 5.49. The lowest BCUT2D eigenvalue weighted by atomic mass is 10.4. The number of nitrogens with one attached hydrogen (secondary N) is 2. The van der Waals surface area contributed by atoms with Crippen LogP contribution in [0, 0.1) is 0 Å². The summed E-state index contributed by atoms with van der Waals surface area (Å²) < 4.78 is 25.3. The minimum absolute atomic E-state index is 0.0854. The summed E-state index contributed by atoms with van der Waals surface area (Å²) in [5.41, 5.74) is 2.52. The molecule has 0 spiro atoms. The van der Waals surface area contributed by atoms with Gasteiger partial charge in [-0.2, -0.15) is 0 Å². The molecule has 0 radical (unpaired) electrons. The topological polar surface area (TPSA) is 80.2 Å². The Kier molecular flexibility index (Phi) is 3.68. The van der Waals surface area contributed by atoms with Crippen molar-refractivity contribution in [2.75, 3.05) is 0 Å². The standard InChI is InChI=1S/C12H13N3O3S/c1-15-9-5-8-11(15)12(16)13-14-19(17,18)10-6-3-2-4-7-10/h2-9,14H,1H3,(H,13,16). The van der Waals surface area contributed by atoms with E-state index in [9.17, 15) is 13.2 Å². The Bertz CT molecular complexity index is 677. The second-order valence-electron chi connectivity index (χ2n) is 3.88. The highest BCUT2D eigenvalue weighted by atomic mass is 32.2. The van der Waals surface area contributed by atoms with Gasteiger partial charge in [0.25, 0.3) is 15.9 Å². The molecule has 1 amide bonds. The van der Waals surface area contributed by atoms with Crippen LogP contribution in [0.5, 0.6) is 0 Å². The van der Waals surface area contributed by atoms with E-state index in [1.165, 1.54) is 12.1 Å². The van der Waals surface area contributed by atoms with Crippen LogP contribution in [0.1, 0.15) is 10.5 Å². The molecule has 0 fully saturated rings. The molecule has 100 valence electrons. The van der Waals surface area contributed by atoms with Gasteiger partial charge >= 0.3 is 0 Å². The first kappa shape index (κ1) is 13.3. The van der Waals surface area contributed by atoms with Crippen molar-refractivity contribution in [3.8, 4) is 0 Å². The summed E-state index contributed by atoms with van der Waals surface area (Å²) in [6.07, 6.45) is 1.70. The fourth-order valence-corrected chi connectivity index (χ4v) is 2.39. The summed E-state index contributed by atoms with van der Waals surface area (Å²) in [6.45, 7) is 0. The van der Waals surface area contributed by atoms with Gasteiger partial charge in [-0.15, -0.1) is 4.83 Å². The number of carbonyl (C=O) groups is 1. The van der Waals surface area contributed by atoms with Gasteiger partial charge in [-0.1, -0.05) is 18.2 Å². The van der Waals surface area contributed by atoms with Crippen molar-refractivity contribution < 1.29 is 13.2 Å². The first-order chi connectivity index (χ1) is 9.00. The summed E-state index contributed by atoms with van der Waals surface area (Å²) in [5.74, 6) is -0.521. The predicted octanol–water partition coefficient (Wildman–Crippen LogP) is 0.648. The van der Waals surface area contributed by atoms with E-state index in [-0.39, 0.29) is 4.90 Å². The zero-order chi connectivity index (χ0) is 13.9. The van der Waals surface area contributed by atoms with Crippen molar-refractivity contribution in [3.05, 3.63) is 54.4 Å². The number of nitrogens with zero attached hydrogens (tertiary/aromatic N) is 1. The van der Waals surface area contributed by atoms with E-state index in [1.807, 2.05) is 4.83 Å². The average Bonchev–Trinajstić information content (AvgIpc) is 2.83. The number of benzene rings is 1. The van der Waals surface area contributed by atoms with Crippen LogP contribution in [0.2, 0.25) is 0 Å². The Hall–Kier alpha value is -2.12. The Morgan fingerprint density at radius 2 is 1.79 bits per heavy atom. The van der Waals surface area contributed by atoms with Crippen molar-refractivity contribution in [1.29, 1.82) is 0 Å². The molecule has 0 bridgehead atoms.